The highest BCUT2D eigenvalue weighted by molar-refractivity contribution is 7.99. The molecule has 0 atom stereocenters. The van der Waals surface area contributed by atoms with Crippen molar-refractivity contribution in [2.45, 2.75) is 18.3 Å². The molecule has 0 aliphatic rings. The molecule has 6 nitrogen and oxygen atoms in total. The van der Waals surface area contributed by atoms with Gasteiger partial charge in [-0.25, -0.2) is 4.98 Å². The average Bonchev–Trinajstić information content (AvgIpc) is 3.03. The highest BCUT2D eigenvalue weighted by Crippen LogP contribution is 2.30. The Kier molecular flexibility index (Phi) is 7.76. The van der Waals surface area contributed by atoms with Crippen molar-refractivity contribution >= 4 is 57.6 Å². The Bertz CT molecular complexity index is 1050. The lowest BCUT2D eigenvalue weighted by atomic mass is 10.3. The molecule has 0 aliphatic heterocycles. The van der Waals surface area contributed by atoms with Crippen molar-refractivity contribution in [2.24, 2.45) is 0 Å². The van der Waals surface area contributed by atoms with Gasteiger partial charge >= 0.3 is 6.61 Å². The van der Waals surface area contributed by atoms with E-state index in [4.69, 9.17) is 27.9 Å². The average molecular weight is 476 g/mol. The zero-order valence-corrected chi connectivity index (χ0v) is 18.0. The maximum absolute atomic E-state index is 12.3. The van der Waals surface area contributed by atoms with Crippen molar-refractivity contribution < 1.29 is 23.0 Å². The van der Waals surface area contributed by atoms with Crippen LogP contribution in [0.25, 0.3) is 11.0 Å². The number of hydrogen-bond donors (Lipinski definition) is 1. The number of thioether (sulfide) groups is 1. The smallest absolute Gasteiger partial charge is 0.387 e. The van der Waals surface area contributed by atoms with Crippen molar-refractivity contribution in [3.63, 3.8) is 0 Å². The standard InChI is InChI=1S/C19H17Cl2F2N3O3S/c1-28-7-6-26-15-4-2-11(20)8-14(15)25-19(26)30-10-17(27)24-12-3-5-16(13(21)9-12)29-18(22)23/h2-5,8-9,18H,6-7,10H2,1H3,(H,24,27). The van der Waals surface area contributed by atoms with E-state index < -0.39 is 6.61 Å². The molecule has 0 bridgehead atoms. The summed E-state index contributed by atoms with van der Waals surface area (Å²) in [5, 5.41) is 3.86. The Morgan fingerprint density at radius 2 is 2.07 bits per heavy atom. The fourth-order valence-corrected chi connectivity index (χ4v) is 3.92. The van der Waals surface area contributed by atoms with Gasteiger partial charge < -0.3 is 19.4 Å². The van der Waals surface area contributed by atoms with Gasteiger partial charge in [-0.3, -0.25) is 4.79 Å². The molecule has 2 aromatic carbocycles. The molecule has 0 saturated carbocycles. The van der Waals surface area contributed by atoms with Gasteiger partial charge in [-0.15, -0.1) is 0 Å². The summed E-state index contributed by atoms with van der Waals surface area (Å²) in [5.74, 6) is -0.386. The molecule has 0 fully saturated rings. The molecule has 11 heteroatoms. The van der Waals surface area contributed by atoms with E-state index in [1.807, 2.05) is 10.6 Å². The second-order valence-electron chi connectivity index (χ2n) is 6.03. The lowest BCUT2D eigenvalue weighted by Gasteiger charge is -2.10. The zero-order chi connectivity index (χ0) is 21.7. The SMILES string of the molecule is COCCn1c(SCC(=O)Nc2ccc(OC(F)F)c(Cl)c2)nc2cc(Cl)ccc21. The van der Waals surface area contributed by atoms with Crippen molar-refractivity contribution in [1.82, 2.24) is 9.55 Å². The maximum atomic E-state index is 12.3. The maximum Gasteiger partial charge on any atom is 0.387 e. The molecule has 0 saturated heterocycles. The third kappa shape index (κ3) is 5.75. The summed E-state index contributed by atoms with van der Waals surface area (Å²) in [6, 6.07) is 9.46. The molecule has 0 spiro atoms. The van der Waals surface area contributed by atoms with E-state index in [1.54, 1.807) is 19.2 Å². The Balaban J connectivity index is 1.68. The Hall–Kier alpha value is -2.07. The van der Waals surface area contributed by atoms with Crippen molar-refractivity contribution in [3.8, 4) is 5.75 Å². The van der Waals surface area contributed by atoms with Gasteiger partial charge in [0, 0.05) is 24.4 Å². The fourth-order valence-electron chi connectivity index (χ4n) is 2.69. The van der Waals surface area contributed by atoms with Crippen LogP contribution < -0.4 is 10.1 Å². The largest absolute Gasteiger partial charge is 0.433 e. The highest BCUT2D eigenvalue weighted by Gasteiger charge is 2.15. The van der Waals surface area contributed by atoms with Crippen LogP contribution in [0.3, 0.4) is 0 Å². The van der Waals surface area contributed by atoms with Crippen LogP contribution in [0.2, 0.25) is 10.0 Å². The summed E-state index contributed by atoms with van der Waals surface area (Å²) in [6.45, 7) is -1.93. The predicted octanol–water partition coefficient (Wildman–Crippen LogP) is 5.32. The number of anilines is 1. The number of rotatable bonds is 9. The number of halogens is 4. The number of carbonyl (C=O) groups is 1. The number of carbonyl (C=O) groups excluding carboxylic acids is 1. The third-order valence-electron chi connectivity index (χ3n) is 3.96. The summed E-state index contributed by atoms with van der Waals surface area (Å²) in [6.07, 6.45) is 0. The minimum atomic E-state index is -2.98. The molecule has 3 aromatic rings. The highest BCUT2D eigenvalue weighted by atomic mass is 35.5. The molecule has 1 aromatic heterocycles. The molecule has 0 radical (unpaired) electrons. The molecule has 3 rings (SSSR count). The summed E-state index contributed by atoms with van der Waals surface area (Å²) >= 11 is 13.2. The first-order chi connectivity index (χ1) is 14.4. The second kappa shape index (κ2) is 10.3. The van der Waals surface area contributed by atoms with E-state index in [0.717, 1.165) is 11.0 Å². The number of benzene rings is 2. The van der Waals surface area contributed by atoms with Crippen molar-refractivity contribution in [2.75, 3.05) is 24.8 Å². The van der Waals surface area contributed by atoms with E-state index in [1.165, 1.54) is 30.0 Å². The van der Waals surface area contributed by atoms with Crippen LogP contribution >= 0.6 is 35.0 Å². The van der Waals surface area contributed by atoms with E-state index in [2.05, 4.69) is 15.0 Å². The van der Waals surface area contributed by atoms with Gasteiger partial charge in [-0.2, -0.15) is 8.78 Å². The molecule has 1 heterocycles. The topological polar surface area (TPSA) is 65.4 Å². The van der Waals surface area contributed by atoms with Crippen molar-refractivity contribution in [1.29, 1.82) is 0 Å². The monoisotopic (exact) mass is 475 g/mol. The van der Waals surface area contributed by atoms with Crippen LogP contribution in [0, 0.1) is 0 Å². The predicted molar refractivity (Wildman–Crippen MR) is 114 cm³/mol. The van der Waals surface area contributed by atoms with E-state index in [9.17, 15) is 13.6 Å². The number of nitrogens with zero attached hydrogens (tertiary/aromatic N) is 2. The number of ether oxygens (including phenoxy) is 2. The quantitative estimate of drug-likeness (QED) is 0.424. The van der Waals surface area contributed by atoms with Crippen LogP contribution in [0.5, 0.6) is 5.75 Å². The third-order valence-corrected chi connectivity index (χ3v) is 5.47. The van der Waals surface area contributed by atoms with Crippen LogP contribution in [0.4, 0.5) is 14.5 Å². The second-order valence-corrected chi connectivity index (χ2v) is 7.82. The van der Waals surface area contributed by atoms with Gasteiger partial charge in [-0.1, -0.05) is 35.0 Å². The lowest BCUT2D eigenvalue weighted by Crippen LogP contribution is -2.15. The molecular weight excluding hydrogens is 459 g/mol. The normalized spacial score (nSPS) is 11.3. The molecule has 0 aliphatic carbocycles. The molecular formula is C19H17Cl2F2N3O3S. The van der Waals surface area contributed by atoms with Gasteiger partial charge in [0.1, 0.15) is 5.75 Å². The van der Waals surface area contributed by atoms with E-state index in [-0.39, 0.29) is 22.4 Å². The molecule has 1 N–H and O–H groups in total. The van der Waals surface area contributed by atoms with Gasteiger partial charge in [0.05, 0.1) is 28.4 Å². The summed E-state index contributed by atoms with van der Waals surface area (Å²) in [4.78, 5) is 16.9. The van der Waals surface area contributed by atoms with E-state index in [0.29, 0.717) is 29.0 Å². The number of imidazole rings is 1. The number of fused-ring (bicyclic) bond motifs is 1. The van der Waals surface area contributed by atoms with E-state index >= 15 is 0 Å². The van der Waals surface area contributed by atoms with Gasteiger partial charge in [0.25, 0.3) is 0 Å². The van der Waals surface area contributed by atoms with Crippen LogP contribution in [0.1, 0.15) is 0 Å². The molecule has 0 unspecified atom stereocenters. The zero-order valence-electron chi connectivity index (χ0n) is 15.7. The summed E-state index contributed by atoms with van der Waals surface area (Å²) < 4.78 is 36.0. The first-order valence-electron chi connectivity index (χ1n) is 8.69. The molecule has 1 amide bonds. The number of nitrogens with one attached hydrogen (secondary N) is 1. The van der Waals surface area contributed by atoms with Crippen LogP contribution in [-0.4, -0.2) is 41.5 Å². The molecule has 30 heavy (non-hydrogen) atoms. The van der Waals surface area contributed by atoms with Crippen molar-refractivity contribution in [3.05, 3.63) is 46.4 Å². The summed E-state index contributed by atoms with van der Waals surface area (Å²) in [5.41, 5.74) is 1.98. The van der Waals surface area contributed by atoms with Gasteiger partial charge in [0.15, 0.2) is 5.16 Å². The minimum Gasteiger partial charge on any atom is -0.433 e. The number of amides is 1. The van der Waals surface area contributed by atoms with Crippen LogP contribution in [-0.2, 0) is 16.1 Å². The Morgan fingerprint density at radius 1 is 1.27 bits per heavy atom. The minimum absolute atomic E-state index is 0.0287. The summed E-state index contributed by atoms with van der Waals surface area (Å²) in [7, 11) is 1.61. The number of aromatic nitrogens is 2. The van der Waals surface area contributed by atoms with Gasteiger partial charge in [0.2, 0.25) is 5.91 Å². The fraction of sp³-hybridized carbons (Fsp3) is 0.263. The molecule has 160 valence electrons. The van der Waals surface area contributed by atoms with Gasteiger partial charge in [-0.05, 0) is 36.4 Å². The Labute approximate surface area is 185 Å². The first-order valence-corrected chi connectivity index (χ1v) is 10.4. The Morgan fingerprint density at radius 3 is 2.77 bits per heavy atom. The number of alkyl halides is 2. The number of methoxy groups -OCH3 is 1. The number of hydrogen-bond acceptors (Lipinski definition) is 5. The first kappa shape index (κ1) is 22.6. The lowest BCUT2D eigenvalue weighted by molar-refractivity contribution is -0.113. The van der Waals surface area contributed by atoms with Crippen LogP contribution in [0.15, 0.2) is 41.6 Å².